The minimum atomic E-state index is 0.186. The number of nitrogens with two attached hydrogens (primary N) is 1. The number of rotatable bonds is 4. The Morgan fingerprint density at radius 1 is 1.26 bits per heavy atom. The average molecular weight is 497 g/mol. The molecule has 2 unspecified atom stereocenters. The number of carbonyl (C=O) groups is 1. The Kier molecular flexibility index (Phi) is 6.86. The first-order valence-electron chi connectivity index (χ1n) is 10.3. The fourth-order valence-electron chi connectivity index (χ4n) is 3.99. The Balaban J connectivity index is 0.000000307. The van der Waals surface area contributed by atoms with E-state index in [0.717, 1.165) is 25.2 Å². The third kappa shape index (κ3) is 5.22. The van der Waals surface area contributed by atoms with E-state index in [9.17, 15) is 4.79 Å². The molecule has 1 aromatic carbocycles. The largest absolute Gasteiger partial charge is 0.308 e. The van der Waals surface area contributed by atoms with E-state index in [4.69, 9.17) is 5.50 Å². The first-order valence-corrected chi connectivity index (χ1v) is 12.4. The van der Waals surface area contributed by atoms with Crippen LogP contribution < -0.4 is 10.8 Å². The van der Waals surface area contributed by atoms with Gasteiger partial charge in [-0.1, -0.05) is 61.1 Å². The van der Waals surface area contributed by atoms with Gasteiger partial charge in [-0.15, -0.1) is 0 Å². The van der Waals surface area contributed by atoms with Crippen LogP contribution in [0.4, 0.5) is 0 Å². The third-order valence-electron chi connectivity index (χ3n) is 6.24. The summed E-state index contributed by atoms with van der Waals surface area (Å²) in [5.41, 5.74) is 13.4. The lowest BCUT2D eigenvalue weighted by Gasteiger charge is -2.21. The summed E-state index contributed by atoms with van der Waals surface area (Å²) in [6, 6.07) is 2.37. The number of halogens is 1. The van der Waals surface area contributed by atoms with Crippen molar-refractivity contribution < 1.29 is 4.79 Å². The summed E-state index contributed by atoms with van der Waals surface area (Å²) >= 11 is 2.44. The molecule has 1 saturated carbocycles. The molecule has 2 nitrogen and oxygen atoms in total. The number of hydrogen-bond acceptors (Lipinski definition) is 2. The fraction of sp³-hybridized carbons (Fsp3) is 0.609. The highest BCUT2D eigenvalue weighted by molar-refractivity contribution is 14.1. The summed E-state index contributed by atoms with van der Waals surface area (Å²) in [4.78, 5) is 11.7. The monoisotopic (exact) mass is 497 g/mol. The van der Waals surface area contributed by atoms with Crippen LogP contribution in [0.1, 0.15) is 75.6 Å². The van der Waals surface area contributed by atoms with Crippen molar-refractivity contribution in [2.24, 2.45) is 17.3 Å². The van der Waals surface area contributed by atoms with Crippen LogP contribution in [0.25, 0.3) is 6.08 Å². The molecule has 0 saturated heterocycles. The van der Waals surface area contributed by atoms with Gasteiger partial charge in [0.15, 0.2) is 0 Å². The number of benzene rings is 1. The maximum absolute atomic E-state index is 11.7. The molecule has 2 N–H and O–H groups in total. The van der Waals surface area contributed by atoms with Crippen molar-refractivity contribution in [3.05, 3.63) is 33.9 Å². The molecule has 0 spiro atoms. The fourth-order valence-corrected chi connectivity index (χ4v) is 4.82. The van der Waals surface area contributed by atoms with Crippen molar-refractivity contribution in [1.82, 2.24) is 0 Å². The van der Waals surface area contributed by atoms with Gasteiger partial charge in [0, 0.05) is 9.34 Å². The van der Waals surface area contributed by atoms with E-state index < -0.39 is 0 Å². The highest BCUT2D eigenvalue weighted by Crippen LogP contribution is 2.43. The Morgan fingerprint density at radius 2 is 1.93 bits per heavy atom. The summed E-state index contributed by atoms with van der Waals surface area (Å²) in [5.74, 6) is 1.36. The van der Waals surface area contributed by atoms with Crippen LogP contribution in [-0.2, 0) is 24.1 Å². The van der Waals surface area contributed by atoms with E-state index in [2.05, 4.69) is 55.5 Å². The Morgan fingerprint density at radius 3 is 2.44 bits per heavy atom. The lowest BCUT2D eigenvalue weighted by atomic mass is 9.87. The number of carbonyl (C=O) groups excluding carboxylic acids is 1. The average Bonchev–Trinajstić information content (AvgIpc) is 3.38. The molecular weight excluding hydrogens is 464 g/mol. The summed E-state index contributed by atoms with van der Waals surface area (Å²) in [6.07, 6.45) is 10.7. The number of aryl methyl sites for hydroxylation is 1. The van der Waals surface area contributed by atoms with Crippen molar-refractivity contribution in [1.29, 1.82) is 0 Å². The first kappa shape index (κ1) is 21.5. The second kappa shape index (κ2) is 8.63. The van der Waals surface area contributed by atoms with Gasteiger partial charge < -0.3 is 5.50 Å². The van der Waals surface area contributed by atoms with Gasteiger partial charge in [0.05, 0.1) is 0 Å². The molecule has 0 heterocycles. The predicted molar refractivity (Wildman–Crippen MR) is 128 cm³/mol. The molecule has 0 aliphatic heterocycles. The van der Waals surface area contributed by atoms with Crippen LogP contribution in [0.5, 0.6) is 0 Å². The standard InChI is InChI=1S/C18H22NOP.C5H11I/c1-10(20)14-7-15-6-13-5-4-12(11-2-3-11)8-16(13)18(21-19)17(15)9-14;1-4-5(2,3)6/h6,8,11,14,21H,2-5,7,9,19H2,1H3;4H2,1-3H3. The molecular formula is C23H33INOP. The molecule has 3 aliphatic carbocycles. The molecule has 3 aliphatic rings. The molecule has 4 heteroatoms. The minimum absolute atomic E-state index is 0.186. The number of fused-ring (bicyclic) bond motifs is 2. The summed E-state index contributed by atoms with van der Waals surface area (Å²) in [5, 5.41) is 1.35. The van der Waals surface area contributed by atoms with Gasteiger partial charge in [-0.2, -0.15) is 0 Å². The molecule has 1 fully saturated rings. The maximum Gasteiger partial charge on any atom is 0.133 e. The number of allylic oxidation sites excluding steroid dienone is 1. The summed E-state index contributed by atoms with van der Waals surface area (Å²) in [6.45, 7) is 8.39. The number of alkyl halides is 1. The van der Waals surface area contributed by atoms with Crippen LogP contribution in [-0.4, -0.2) is 9.20 Å². The minimum Gasteiger partial charge on any atom is -0.308 e. The molecule has 148 valence electrons. The zero-order valence-electron chi connectivity index (χ0n) is 17.1. The number of hydrogen-bond donors (Lipinski definition) is 1. The van der Waals surface area contributed by atoms with E-state index in [1.807, 2.05) is 0 Å². The van der Waals surface area contributed by atoms with Gasteiger partial charge in [-0.3, -0.25) is 4.79 Å². The van der Waals surface area contributed by atoms with Crippen molar-refractivity contribution in [3.8, 4) is 0 Å². The quantitative estimate of drug-likeness (QED) is 0.339. The molecule has 4 rings (SSSR count). The Hall–Kier alpha value is -0.250. The molecule has 0 amide bonds. The maximum atomic E-state index is 11.7. The highest BCUT2D eigenvalue weighted by Gasteiger charge is 2.32. The van der Waals surface area contributed by atoms with Crippen LogP contribution >= 0.6 is 31.3 Å². The molecule has 27 heavy (non-hydrogen) atoms. The van der Waals surface area contributed by atoms with Crippen LogP contribution in [0.3, 0.4) is 0 Å². The highest BCUT2D eigenvalue weighted by atomic mass is 127. The van der Waals surface area contributed by atoms with Crippen molar-refractivity contribution in [2.75, 3.05) is 0 Å². The smallest absolute Gasteiger partial charge is 0.133 e. The molecule has 1 aromatic rings. The predicted octanol–water partition coefficient (Wildman–Crippen LogP) is 5.52. The van der Waals surface area contributed by atoms with Gasteiger partial charge in [0.2, 0.25) is 0 Å². The van der Waals surface area contributed by atoms with E-state index >= 15 is 0 Å². The van der Waals surface area contributed by atoms with Gasteiger partial charge in [-0.25, -0.2) is 0 Å². The second-order valence-electron chi connectivity index (χ2n) is 8.89. The second-order valence-corrected chi connectivity index (χ2v) is 12.6. The molecule has 0 bridgehead atoms. The third-order valence-corrected chi connectivity index (χ3v) is 7.87. The van der Waals surface area contributed by atoms with Crippen LogP contribution in [0, 0.1) is 11.8 Å². The van der Waals surface area contributed by atoms with Crippen LogP contribution in [0.2, 0.25) is 0 Å². The van der Waals surface area contributed by atoms with Gasteiger partial charge in [0.25, 0.3) is 0 Å². The lowest BCUT2D eigenvalue weighted by molar-refractivity contribution is -0.120. The normalized spacial score (nSPS) is 21.4. The number of ketones is 1. The summed E-state index contributed by atoms with van der Waals surface area (Å²) in [7, 11) is 0.342. The van der Waals surface area contributed by atoms with Crippen LogP contribution in [0.15, 0.2) is 11.6 Å². The van der Waals surface area contributed by atoms with Crippen molar-refractivity contribution >= 4 is 48.5 Å². The number of Topliss-reactive ketones (excluding diaryl/α,β-unsaturated/α-hetero) is 1. The topological polar surface area (TPSA) is 43.1 Å². The first-order chi connectivity index (χ1) is 12.7. The van der Waals surface area contributed by atoms with Crippen molar-refractivity contribution in [3.63, 3.8) is 0 Å². The van der Waals surface area contributed by atoms with Gasteiger partial charge in [0.1, 0.15) is 5.78 Å². The molecule has 0 aromatic heterocycles. The lowest BCUT2D eigenvalue weighted by Crippen LogP contribution is -2.17. The Labute approximate surface area is 180 Å². The van der Waals surface area contributed by atoms with E-state index in [-0.39, 0.29) is 5.92 Å². The zero-order valence-corrected chi connectivity index (χ0v) is 20.3. The molecule has 2 atom stereocenters. The van der Waals surface area contributed by atoms with Gasteiger partial charge in [-0.05, 0) is 94.1 Å². The summed E-state index contributed by atoms with van der Waals surface area (Å²) < 4.78 is 0.512. The van der Waals surface area contributed by atoms with E-state index in [0.29, 0.717) is 17.9 Å². The van der Waals surface area contributed by atoms with E-state index in [1.54, 1.807) is 12.5 Å². The van der Waals surface area contributed by atoms with Crippen molar-refractivity contribution in [2.45, 2.75) is 76.1 Å². The molecule has 0 radical (unpaired) electrons. The Bertz CT molecular complexity index is 759. The zero-order chi connectivity index (χ0) is 19.8. The SMILES string of the molecule is CC(=O)C1Cc2cc3c(c(PN)c2C1)C=C(C1CC1)CC3.CCC(C)(C)I. The van der Waals surface area contributed by atoms with E-state index in [1.165, 1.54) is 53.2 Å². The van der Waals surface area contributed by atoms with Gasteiger partial charge >= 0.3 is 0 Å².